The molecule has 0 aliphatic carbocycles. The molecule has 0 unspecified atom stereocenters. The highest BCUT2D eigenvalue weighted by molar-refractivity contribution is 6.22. The maximum absolute atomic E-state index is 4.68. The summed E-state index contributed by atoms with van der Waals surface area (Å²) in [7, 11) is 0. The SMILES string of the molecule is C1=CCNC(N(c2ccc(/C=C/c3ccc4c(-c5ccccc5)c(-c5ccccc5)c5ccc(/C=C/c6ccc(N(c7ccccn7)c7ccccn7)cc6)cc5c4c3)cc2)c2ccccn2)=C1. The Morgan fingerprint density at radius 2 is 0.794 bits per heavy atom. The first kappa shape index (κ1) is 41.6. The lowest BCUT2D eigenvalue weighted by Crippen LogP contribution is -2.30. The Labute approximate surface area is 396 Å². The van der Waals surface area contributed by atoms with Crippen molar-refractivity contribution in [2.24, 2.45) is 0 Å². The molecule has 10 aromatic rings. The molecule has 0 radical (unpaired) electrons. The van der Waals surface area contributed by atoms with E-state index < -0.39 is 0 Å². The number of hydrogen-bond donors (Lipinski definition) is 1. The third-order valence-electron chi connectivity index (χ3n) is 12.2. The van der Waals surface area contributed by atoms with Crippen LogP contribution in [0.15, 0.2) is 243 Å². The van der Waals surface area contributed by atoms with Crippen LogP contribution >= 0.6 is 0 Å². The van der Waals surface area contributed by atoms with E-state index in [1.54, 1.807) is 0 Å². The monoisotopic (exact) mass is 874 g/mol. The van der Waals surface area contributed by atoms with Crippen molar-refractivity contribution in [2.75, 3.05) is 16.3 Å². The lowest BCUT2D eigenvalue weighted by molar-refractivity contribution is 0.845. The fourth-order valence-electron chi connectivity index (χ4n) is 8.98. The maximum atomic E-state index is 4.68. The summed E-state index contributed by atoms with van der Waals surface area (Å²) in [5.41, 5.74) is 11.3. The van der Waals surface area contributed by atoms with Crippen LogP contribution in [0.5, 0.6) is 0 Å². The second-order valence-corrected chi connectivity index (χ2v) is 16.5. The van der Waals surface area contributed by atoms with Crippen LogP contribution in [0, 0.1) is 0 Å². The largest absolute Gasteiger partial charge is 0.368 e. The van der Waals surface area contributed by atoms with Gasteiger partial charge >= 0.3 is 0 Å². The van der Waals surface area contributed by atoms with Gasteiger partial charge in [0.1, 0.15) is 23.3 Å². The van der Waals surface area contributed by atoms with Crippen LogP contribution in [0.25, 0.3) is 68.1 Å². The Morgan fingerprint density at radius 3 is 1.22 bits per heavy atom. The van der Waals surface area contributed by atoms with Crippen LogP contribution in [0.4, 0.5) is 28.8 Å². The average molecular weight is 875 g/mol. The predicted molar refractivity (Wildman–Crippen MR) is 285 cm³/mol. The van der Waals surface area contributed by atoms with E-state index in [-0.39, 0.29) is 0 Å². The lowest BCUT2D eigenvalue weighted by atomic mass is 9.84. The number of aromatic nitrogens is 3. The predicted octanol–water partition coefficient (Wildman–Crippen LogP) is 15.5. The van der Waals surface area contributed by atoms with E-state index in [0.29, 0.717) is 0 Å². The number of rotatable bonds is 12. The normalized spacial score (nSPS) is 12.4. The van der Waals surface area contributed by atoms with Gasteiger partial charge < -0.3 is 5.32 Å². The molecule has 0 spiro atoms. The highest BCUT2D eigenvalue weighted by Gasteiger charge is 2.20. The Hall–Kier alpha value is -9.13. The first-order valence-electron chi connectivity index (χ1n) is 22.9. The molecular weight excluding hydrogens is 829 g/mol. The Balaban J connectivity index is 0.970. The van der Waals surface area contributed by atoms with Crippen LogP contribution < -0.4 is 15.1 Å². The first-order valence-corrected chi connectivity index (χ1v) is 22.9. The number of hydrogen-bond acceptors (Lipinski definition) is 6. The second-order valence-electron chi connectivity index (χ2n) is 16.5. The van der Waals surface area contributed by atoms with E-state index in [1.165, 1.54) is 43.8 Å². The lowest BCUT2D eigenvalue weighted by Gasteiger charge is -2.28. The second kappa shape index (κ2) is 19.1. The quantitative estimate of drug-likeness (QED) is 0.0975. The molecule has 0 atom stereocenters. The molecule has 0 saturated heterocycles. The third-order valence-corrected chi connectivity index (χ3v) is 12.2. The Morgan fingerprint density at radius 1 is 0.382 bits per heavy atom. The third kappa shape index (κ3) is 8.70. The number of benzene rings is 7. The van der Waals surface area contributed by atoms with Gasteiger partial charge in [0.05, 0.1) is 0 Å². The maximum Gasteiger partial charge on any atom is 0.138 e. The summed E-state index contributed by atoms with van der Waals surface area (Å²) in [5.74, 6) is 3.46. The molecule has 0 bridgehead atoms. The number of allylic oxidation sites excluding steroid dienone is 2. The van der Waals surface area contributed by atoms with Gasteiger partial charge in [-0.1, -0.05) is 164 Å². The zero-order valence-corrected chi connectivity index (χ0v) is 37.3. The van der Waals surface area contributed by atoms with E-state index in [4.69, 9.17) is 0 Å². The summed E-state index contributed by atoms with van der Waals surface area (Å²) >= 11 is 0. The van der Waals surface area contributed by atoms with Crippen molar-refractivity contribution < 1.29 is 0 Å². The molecule has 1 aliphatic heterocycles. The average Bonchev–Trinajstić information content (AvgIpc) is 3.42. The highest BCUT2D eigenvalue weighted by Crippen LogP contribution is 2.45. The van der Waals surface area contributed by atoms with Gasteiger partial charge in [0.15, 0.2) is 0 Å². The van der Waals surface area contributed by atoms with Crippen LogP contribution in [0.2, 0.25) is 0 Å². The van der Waals surface area contributed by atoms with E-state index in [9.17, 15) is 0 Å². The summed E-state index contributed by atoms with van der Waals surface area (Å²) in [5, 5.41) is 8.32. The number of fused-ring (bicyclic) bond motifs is 3. The summed E-state index contributed by atoms with van der Waals surface area (Å²) in [6.07, 6.45) is 20.5. The highest BCUT2D eigenvalue weighted by atomic mass is 15.3. The number of dihydropyridines is 1. The molecule has 68 heavy (non-hydrogen) atoms. The van der Waals surface area contributed by atoms with Crippen molar-refractivity contribution >= 4 is 74.7 Å². The van der Waals surface area contributed by atoms with E-state index in [1.807, 2.05) is 73.2 Å². The molecule has 3 aromatic heterocycles. The molecule has 324 valence electrons. The van der Waals surface area contributed by atoms with Gasteiger partial charge in [-0.25, -0.2) is 15.0 Å². The van der Waals surface area contributed by atoms with Crippen LogP contribution in [-0.2, 0) is 0 Å². The zero-order chi connectivity index (χ0) is 45.5. The van der Waals surface area contributed by atoms with Crippen molar-refractivity contribution in [3.63, 3.8) is 0 Å². The fraction of sp³-hybridized carbons (Fsp3) is 0.0161. The Kier molecular flexibility index (Phi) is 11.7. The van der Waals surface area contributed by atoms with E-state index >= 15 is 0 Å². The molecule has 6 heteroatoms. The van der Waals surface area contributed by atoms with Crippen molar-refractivity contribution in [2.45, 2.75) is 0 Å². The minimum absolute atomic E-state index is 0.769. The summed E-state index contributed by atoms with van der Waals surface area (Å²) in [4.78, 5) is 18.2. The topological polar surface area (TPSA) is 57.2 Å². The molecule has 6 nitrogen and oxygen atoms in total. The standard InChI is InChI=1S/C62H46N6/c1-3-15-49(16-4-1)61-53-37-31-47(25-23-45-27-33-51(34-28-45)67(57-19-7-11-39-63-57)58-20-8-12-40-64-58)43-55(53)56-44-48(32-38-54(56)62(61)50-17-5-2-6-18-50)26-24-46-29-35-52(36-30-46)68(59-21-9-13-41-65-59)60-22-10-14-42-66-60/h1-41,43-44,66H,42H2/b25-23+,26-24+. The van der Waals surface area contributed by atoms with Gasteiger partial charge in [-0.15, -0.1) is 0 Å². The molecule has 0 amide bonds. The van der Waals surface area contributed by atoms with Crippen LogP contribution in [-0.4, -0.2) is 21.5 Å². The number of pyridine rings is 3. The van der Waals surface area contributed by atoms with Crippen molar-refractivity contribution in [1.29, 1.82) is 0 Å². The number of nitrogens with zero attached hydrogens (tertiary/aromatic N) is 5. The molecule has 4 heterocycles. The minimum atomic E-state index is 0.769. The van der Waals surface area contributed by atoms with Gasteiger partial charge in [-0.2, -0.15) is 0 Å². The van der Waals surface area contributed by atoms with Crippen molar-refractivity contribution in [3.05, 3.63) is 265 Å². The molecule has 0 fully saturated rings. The van der Waals surface area contributed by atoms with Crippen molar-refractivity contribution in [1.82, 2.24) is 20.3 Å². The molecular formula is C62H46N6. The smallest absolute Gasteiger partial charge is 0.138 e. The van der Waals surface area contributed by atoms with Crippen molar-refractivity contribution in [3.8, 4) is 22.3 Å². The minimum Gasteiger partial charge on any atom is -0.368 e. The van der Waals surface area contributed by atoms with Gasteiger partial charge in [0.25, 0.3) is 0 Å². The summed E-state index contributed by atoms with van der Waals surface area (Å²) in [6, 6.07) is 70.4. The van der Waals surface area contributed by atoms with E-state index in [2.05, 4.69) is 218 Å². The fourth-order valence-corrected chi connectivity index (χ4v) is 8.98. The van der Waals surface area contributed by atoms with Gasteiger partial charge in [0, 0.05) is 36.5 Å². The van der Waals surface area contributed by atoms with Gasteiger partial charge in [-0.05, 0) is 145 Å². The first-order chi connectivity index (χ1) is 33.7. The number of nitrogens with one attached hydrogen (secondary N) is 1. The summed E-state index contributed by atoms with van der Waals surface area (Å²) in [6.45, 7) is 0.769. The Bertz CT molecular complexity index is 3420. The zero-order valence-electron chi connectivity index (χ0n) is 37.3. The van der Waals surface area contributed by atoms with Crippen LogP contribution in [0.1, 0.15) is 22.3 Å². The number of anilines is 5. The molecule has 1 N–H and O–H groups in total. The van der Waals surface area contributed by atoms with Crippen LogP contribution in [0.3, 0.4) is 0 Å². The molecule has 0 saturated carbocycles. The van der Waals surface area contributed by atoms with Gasteiger partial charge in [0.2, 0.25) is 0 Å². The molecule has 7 aromatic carbocycles. The molecule has 1 aliphatic rings. The molecule has 11 rings (SSSR count). The van der Waals surface area contributed by atoms with E-state index in [0.717, 1.165) is 63.4 Å². The van der Waals surface area contributed by atoms with Gasteiger partial charge in [-0.3, -0.25) is 9.80 Å². The summed E-state index contributed by atoms with van der Waals surface area (Å²) < 4.78 is 0.